The van der Waals surface area contributed by atoms with E-state index in [1.54, 1.807) is 0 Å². The first-order valence-electron chi connectivity index (χ1n) is 2.84. The van der Waals surface area contributed by atoms with Gasteiger partial charge in [-0.2, -0.15) is 0 Å². The lowest BCUT2D eigenvalue weighted by Crippen LogP contribution is -1.89. The second-order valence-corrected chi connectivity index (χ2v) is 5.02. The van der Waals surface area contributed by atoms with Crippen molar-refractivity contribution in [2.45, 2.75) is 4.90 Å². The molecule has 0 fully saturated rings. The minimum atomic E-state index is -3.77. The molecule has 0 aromatic heterocycles. The second kappa shape index (κ2) is 3.12. The van der Waals surface area contributed by atoms with E-state index in [1.807, 2.05) is 0 Å². The number of hydrogen-bond acceptors (Lipinski definition) is 3. The van der Waals surface area contributed by atoms with Crippen LogP contribution in [0.2, 0.25) is 5.02 Å². The Hall–Kier alpha value is -0.450. The van der Waals surface area contributed by atoms with Gasteiger partial charge in [-0.25, -0.2) is 8.42 Å². The smallest absolute Gasteiger partial charge is 0.261 e. The van der Waals surface area contributed by atoms with Crippen LogP contribution in [0.1, 0.15) is 0 Å². The van der Waals surface area contributed by atoms with Crippen molar-refractivity contribution in [2.75, 3.05) is 0 Å². The van der Waals surface area contributed by atoms with Gasteiger partial charge in [0.25, 0.3) is 9.05 Å². The van der Waals surface area contributed by atoms with E-state index in [1.165, 1.54) is 6.07 Å². The van der Waals surface area contributed by atoms with Crippen LogP contribution in [-0.4, -0.2) is 13.5 Å². The normalized spacial score (nSPS) is 11.5. The lowest BCUT2D eigenvalue weighted by molar-refractivity contribution is 0.475. The Balaban J connectivity index is 3.33. The Kier molecular flexibility index (Phi) is 2.51. The van der Waals surface area contributed by atoms with Crippen molar-refractivity contribution in [1.29, 1.82) is 0 Å². The number of hydrogen-bond donors (Lipinski definition) is 1. The van der Waals surface area contributed by atoms with Crippen molar-refractivity contribution >= 4 is 31.3 Å². The summed E-state index contributed by atoms with van der Waals surface area (Å²) in [4.78, 5) is -0.132. The highest BCUT2D eigenvalue weighted by atomic mass is 35.7. The molecule has 1 aromatic carbocycles. The van der Waals surface area contributed by atoms with E-state index in [2.05, 4.69) is 0 Å². The Labute approximate surface area is 79.0 Å². The highest BCUT2D eigenvalue weighted by Crippen LogP contribution is 2.27. The van der Waals surface area contributed by atoms with Gasteiger partial charge < -0.3 is 5.11 Å². The summed E-state index contributed by atoms with van der Waals surface area (Å²) in [7, 11) is 1.25. The maximum atomic E-state index is 10.7. The first kappa shape index (κ1) is 9.64. The molecular formula is C6H4Cl2O3S. The van der Waals surface area contributed by atoms with Gasteiger partial charge in [0.15, 0.2) is 0 Å². The van der Waals surface area contributed by atoms with Gasteiger partial charge in [0, 0.05) is 10.7 Å². The van der Waals surface area contributed by atoms with Gasteiger partial charge in [0.1, 0.15) is 5.75 Å². The van der Waals surface area contributed by atoms with Crippen LogP contribution in [0.3, 0.4) is 0 Å². The molecule has 1 aromatic rings. The molecular weight excluding hydrogens is 223 g/mol. The summed E-state index contributed by atoms with van der Waals surface area (Å²) in [6.07, 6.45) is 0. The first-order valence-corrected chi connectivity index (χ1v) is 5.53. The van der Waals surface area contributed by atoms with Crippen LogP contribution in [0.25, 0.3) is 0 Å². The molecule has 0 saturated carbocycles. The van der Waals surface area contributed by atoms with Crippen molar-refractivity contribution in [3.8, 4) is 5.75 Å². The van der Waals surface area contributed by atoms with Crippen LogP contribution < -0.4 is 0 Å². The lowest BCUT2D eigenvalue weighted by Gasteiger charge is -1.98. The number of benzene rings is 1. The van der Waals surface area contributed by atoms with Crippen molar-refractivity contribution in [3.63, 3.8) is 0 Å². The summed E-state index contributed by atoms with van der Waals surface area (Å²) < 4.78 is 21.4. The van der Waals surface area contributed by atoms with Crippen LogP contribution in [0.5, 0.6) is 5.75 Å². The van der Waals surface area contributed by atoms with E-state index in [0.29, 0.717) is 0 Å². The SMILES string of the molecule is O=S(=O)(Cl)c1ccc(O)c(Cl)c1. The molecule has 0 aliphatic heterocycles. The van der Waals surface area contributed by atoms with Crippen molar-refractivity contribution in [1.82, 2.24) is 0 Å². The zero-order valence-electron chi connectivity index (χ0n) is 5.66. The van der Waals surface area contributed by atoms with Crippen LogP contribution in [-0.2, 0) is 9.05 Å². The number of phenolic OH excluding ortho intramolecular Hbond substituents is 1. The zero-order chi connectivity index (χ0) is 9.35. The fourth-order valence-corrected chi connectivity index (χ4v) is 1.66. The van der Waals surface area contributed by atoms with Gasteiger partial charge in [-0.05, 0) is 18.2 Å². The third-order valence-electron chi connectivity index (χ3n) is 1.20. The molecule has 66 valence electrons. The van der Waals surface area contributed by atoms with E-state index in [0.717, 1.165) is 12.1 Å². The molecule has 3 nitrogen and oxygen atoms in total. The summed E-state index contributed by atoms with van der Waals surface area (Å²) in [5.41, 5.74) is 0. The van der Waals surface area contributed by atoms with Gasteiger partial charge in [0.05, 0.1) is 9.92 Å². The van der Waals surface area contributed by atoms with Crippen molar-refractivity contribution in [3.05, 3.63) is 23.2 Å². The highest BCUT2D eigenvalue weighted by Gasteiger charge is 2.11. The van der Waals surface area contributed by atoms with Crippen molar-refractivity contribution in [2.24, 2.45) is 0 Å². The number of rotatable bonds is 1. The van der Waals surface area contributed by atoms with Gasteiger partial charge >= 0.3 is 0 Å². The summed E-state index contributed by atoms with van der Waals surface area (Å²) in [5.74, 6) is -0.180. The minimum absolute atomic E-state index is 0.0447. The molecule has 6 heteroatoms. The number of aromatic hydroxyl groups is 1. The molecule has 0 aliphatic carbocycles. The third kappa shape index (κ3) is 2.03. The molecule has 0 unspecified atom stereocenters. The minimum Gasteiger partial charge on any atom is -0.506 e. The molecule has 0 heterocycles. The molecule has 0 bridgehead atoms. The van der Waals surface area contributed by atoms with Crippen LogP contribution >= 0.6 is 22.3 Å². The van der Waals surface area contributed by atoms with Gasteiger partial charge in [-0.1, -0.05) is 11.6 Å². The monoisotopic (exact) mass is 226 g/mol. The fourth-order valence-electron chi connectivity index (χ4n) is 0.639. The molecule has 0 radical (unpaired) electrons. The van der Waals surface area contributed by atoms with Gasteiger partial charge in [0.2, 0.25) is 0 Å². The molecule has 1 rings (SSSR count). The molecule has 1 N–H and O–H groups in total. The summed E-state index contributed by atoms with van der Waals surface area (Å²) in [5, 5.41) is 8.89. The predicted molar refractivity (Wildman–Crippen MR) is 46.2 cm³/mol. The van der Waals surface area contributed by atoms with E-state index in [4.69, 9.17) is 27.4 Å². The van der Waals surface area contributed by atoms with Crippen LogP contribution in [0.4, 0.5) is 0 Å². The fraction of sp³-hybridized carbons (Fsp3) is 0. The zero-order valence-corrected chi connectivity index (χ0v) is 7.99. The lowest BCUT2D eigenvalue weighted by atomic mass is 10.3. The van der Waals surface area contributed by atoms with Gasteiger partial charge in [-0.3, -0.25) is 0 Å². The molecule has 0 atom stereocenters. The average molecular weight is 227 g/mol. The quantitative estimate of drug-likeness (QED) is 0.746. The van der Waals surface area contributed by atoms with Crippen molar-refractivity contribution < 1.29 is 13.5 Å². The molecule has 0 amide bonds. The van der Waals surface area contributed by atoms with E-state index < -0.39 is 9.05 Å². The Bertz CT molecular complexity index is 399. The maximum Gasteiger partial charge on any atom is 0.261 e. The maximum absolute atomic E-state index is 10.7. The van der Waals surface area contributed by atoms with E-state index in [9.17, 15) is 8.42 Å². The first-order chi connectivity index (χ1) is 5.41. The molecule has 0 spiro atoms. The van der Waals surface area contributed by atoms with Gasteiger partial charge in [-0.15, -0.1) is 0 Å². The average Bonchev–Trinajstić information content (AvgIpc) is 1.92. The predicted octanol–water partition coefficient (Wildman–Crippen LogP) is 1.97. The number of phenols is 1. The standard InChI is InChI=1S/C6H4Cl2O3S/c7-5-3-4(12(8,10)11)1-2-6(5)9/h1-3,9H. The summed E-state index contributed by atoms with van der Waals surface area (Å²) >= 11 is 5.45. The van der Waals surface area contributed by atoms with Crippen LogP contribution in [0, 0.1) is 0 Å². The topological polar surface area (TPSA) is 54.4 Å². The van der Waals surface area contributed by atoms with Crippen LogP contribution in [0.15, 0.2) is 23.1 Å². The van der Waals surface area contributed by atoms with E-state index in [-0.39, 0.29) is 15.7 Å². The van der Waals surface area contributed by atoms with E-state index >= 15 is 0 Å². The second-order valence-electron chi connectivity index (χ2n) is 2.05. The molecule has 0 aliphatic rings. The molecule has 12 heavy (non-hydrogen) atoms. The molecule has 0 saturated heterocycles. The highest BCUT2D eigenvalue weighted by molar-refractivity contribution is 8.13. The Morgan fingerprint density at radius 1 is 1.33 bits per heavy atom. The summed E-state index contributed by atoms with van der Waals surface area (Å²) in [6.45, 7) is 0. The number of halogens is 2. The Morgan fingerprint density at radius 3 is 2.33 bits per heavy atom. The largest absolute Gasteiger partial charge is 0.506 e. The summed E-state index contributed by atoms with van der Waals surface area (Å²) in [6, 6.07) is 3.42. The Morgan fingerprint density at radius 2 is 1.92 bits per heavy atom. The third-order valence-corrected chi connectivity index (χ3v) is 2.85.